The molecule has 2 aliphatic heterocycles. The number of hydrogen-bond acceptors (Lipinski definition) is 3. The number of aromatic nitrogens is 3. The van der Waals surface area contributed by atoms with Crippen LogP contribution in [0.3, 0.4) is 0 Å². The highest BCUT2D eigenvalue weighted by molar-refractivity contribution is 7.99. The van der Waals surface area contributed by atoms with Gasteiger partial charge in [-0.15, -0.1) is 0 Å². The van der Waals surface area contributed by atoms with Gasteiger partial charge in [0, 0.05) is 24.1 Å². The molecule has 82 valence electrons. The normalized spacial score (nSPS) is 30.5. The maximum atomic E-state index is 4.75. The van der Waals surface area contributed by atoms with E-state index in [1.165, 1.54) is 36.6 Å². The zero-order chi connectivity index (χ0) is 10.3. The van der Waals surface area contributed by atoms with E-state index in [9.17, 15) is 0 Å². The molecule has 0 aliphatic carbocycles. The van der Waals surface area contributed by atoms with Crippen molar-refractivity contribution in [1.82, 2.24) is 14.8 Å². The zero-order valence-electron chi connectivity index (χ0n) is 9.15. The minimum Gasteiger partial charge on any atom is -0.250 e. The van der Waals surface area contributed by atoms with Crippen molar-refractivity contribution in [2.75, 3.05) is 11.5 Å². The van der Waals surface area contributed by atoms with Gasteiger partial charge in [-0.2, -0.15) is 16.9 Å². The summed E-state index contributed by atoms with van der Waals surface area (Å²) >= 11 is 2.03. The van der Waals surface area contributed by atoms with Gasteiger partial charge < -0.3 is 0 Å². The standard InChI is InChI=1S/C11H17N3S/c1-8-3-2-5-14-11(8)12-10(13-14)9-4-6-15-7-9/h8-9H,2-7H2,1H3. The third kappa shape index (κ3) is 1.69. The summed E-state index contributed by atoms with van der Waals surface area (Å²) in [5.41, 5.74) is 0. The van der Waals surface area contributed by atoms with Crippen LogP contribution in [0, 0.1) is 0 Å². The number of fused-ring (bicyclic) bond motifs is 1. The highest BCUT2D eigenvalue weighted by atomic mass is 32.2. The maximum Gasteiger partial charge on any atom is 0.154 e. The Balaban J connectivity index is 1.90. The topological polar surface area (TPSA) is 30.7 Å². The van der Waals surface area contributed by atoms with Crippen LogP contribution in [0.25, 0.3) is 0 Å². The van der Waals surface area contributed by atoms with Gasteiger partial charge in [0.25, 0.3) is 0 Å². The fraction of sp³-hybridized carbons (Fsp3) is 0.818. The Morgan fingerprint density at radius 3 is 3.07 bits per heavy atom. The summed E-state index contributed by atoms with van der Waals surface area (Å²) in [6.45, 7) is 3.35. The highest BCUT2D eigenvalue weighted by Crippen LogP contribution is 2.32. The molecule has 0 radical (unpaired) electrons. The lowest BCUT2D eigenvalue weighted by Gasteiger charge is -2.17. The molecule has 0 amide bonds. The predicted octanol–water partition coefficient (Wildman–Crippen LogP) is 2.40. The average Bonchev–Trinajstić information content (AvgIpc) is 2.86. The SMILES string of the molecule is CC1CCCn2nc(C3CCSC3)nc21. The lowest BCUT2D eigenvalue weighted by molar-refractivity contribution is 0.431. The second-order valence-corrected chi connectivity index (χ2v) is 5.80. The van der Waals surface area contributed by atoms with Crippen molar-refractivity contribution in [1.29, 1.82) is 0 Å². The van der Waals surface area contributed by atoms with Gasteiger partial charge >= 0.3 is 0 Å². The Morgan fingerprint density at radius 1 is 1.40 bits per heavy atom. The van der Waals surface area contributed by atoms with Crippen LogP contribution in [0.2, 0.25) is 0 Å². The first-order valence-corrected chi connectivity index (χ1v) is 7.02. The number of hydrogen-bond donors (Lipinski definition) is 0. The van der Waals surface area contributed by atoms with Crippen LogP contribution in [-0.2, 0) is 6.54 Å². The van der Waals surface area contributed by atoms with E-state index in [-0.39, 0.29) is 0 Å². The quantitative estimate of drug-likeness (QED) is 0.732. The second kappa shape index (κ2) is 3.81. The monoisotopic (exact) mass is 223 g/mol. The van der Waals surface area contributed by atoms with Gasteiger partial charge in [-0.3, -0.25) is 0 Å². The van der Waals surface area contributed by atoms with Gasteiger partial charge in [0.1, 0.15) is 5.82 Å². The molecule has 15 heavy (non-hydrogen) atoms. The van der Waals surface area contributed by atoms with E-state index in [4.69, 9.17) is 4.98 Å². The van der Waals surface area contributed by atoms with E-state index in [1.807, 2.05) is 11.8 Å². The van der Waals surface area contributed by atoms with Crippen LogP contribution >= 0.6 is 11.8 Å². The van der Waals surface area contributed by atoms with Crippen LogP contribution in [-0.4, -0.2) is 26.3 Å². The molecule has 3 heterocycles. The molecule has 0 spiro atoms. The third-order valence-corrected chi connectivity index (χ3v) is 4.62. The Hall–Kier alpha value is -0.510. The van der Waals surface area contributed by atoms with Gasteiger partial charge in [-0.25, -0.2) is 9.67 Å². The van der Waals surface area contributed by atoms with Crippen LogP contribution < -0.4 is 0 Å². The molecule has 2 atom stereocenters. The van der Waals surface area contributed by atoms with Crippen molar-refractivity contribution in [3.05, 3.63) is 11.6 Å². The summed E-state index contributed by atoms with van der Waals surface area (Å²) < 4.78 is 2.15. The summed E-state index contributed by atoms with van der Waals surface area (Å²) in [5.74, 6) is 6.08. The molecule has 0 N–H and O–H groups in total. The maximum absolute atomic E-state index is 4.75. The molecule has 2 aliphatic rings. The van der Waals surface area contributed by atoms with Crippen molar-refractivity contribution >= 4 is 11.8 Å². The van der Waals surface area contributed by atoms with Crippen molar-refractivity contribution in [3.63, 3.8) is 0 Å². The Kier molecular flexibility index (Phi) is 2.47. The minimum atomic E-state index is 0.606. The molecular formula is C11H17N3S. The summed E-state index contributed by atoms with van der Waals surface area (Å²) in [6.07, 6.45) is 3.80. The predicted molar refractivity (Wildman–Crippen MR) is 62.4 cm³/mol. The lowest BCUT2D eigenvalue weighted by atomic mass is 10.0. The molecule has 1 aromatic heterocycles. The first kappa shape index (κ1) is 9.70. The summed E-state index contributed by atoms with van der Waals surface area (Å²) in [5, 5.41) is 4.68. The van der Waals surface area contributed by atoms with Crippen molar-refractivity contribution in [2.45, 2.75) is 44.6 Å². The van der Waals surface area contributed by atoms with E-state index in [2.05, 4.69) is 16.7 Å². The largest absolute Gasteiger partial charge is 0.250 e. The number of aryl methyl sites for hydroxylation is 1. The van der Waals surface area contributed by atoms with E-state index in [0.29, 0.717) is 11.8 Å². The Morgan fingerprint density at radius 2 is 2.33 bits per heavy atom. The van der Waals surface area contributed by atoms with Crippen molar-refractivity contribution in [3.8, 4) is 0 Å². The zero-order valence-corrected chi connectivity index (χ0v) is 9.96. The molecule has 0 bridgehead atoms. The van der Waals surface area contributed by atoms with Gasteiger partial charge in [0.15, 0.2) is 5.82 Å². The van der Waals surface area contributed by atoms with Gasteiger partial charge in [0.05, 0.1) is 0 Å². The van der Waals surface area contributed by atoms with E-state index in [1.54, 1.807) is 0 Å². The Labute approximate surface area is 94.7 Å². The molecule has 0 aromatic carbocycles. The smallest absolute Gasteiger partial charge is 0.154 e. The van der Waals surface area contributed by atoms with Crippen molar-refractivity contribution < 1.29 is 0 Å². The average molecular weight is 223 g/mol. The summed E-state index contributed by atoms with van der Waals surface area (Å²) in [7, 11) is 0. The second-order valence-electron chi connectivity index (χ2n) is 4.66. The first-order chi connectivity index (χ1) is 7.34. The van der Waals surface area contributed by atoms with Crippen LogP contribution in [0.15, 0.2) is 0 Å². The highest BCUT2D eigenvalue weighted by Gasteiger charge is 2.26. The molecule has 4 heteroatoms. The Bertz CT molecular complexity index is 355. The number of nitrogens with zero attached hydrogens (tertiary/aromatic N) is 3. The lowest BCUT2D eigenvalue weighted by Crippen LogP contribution is -2.14. The van der Waals surface area contributed by atoms with Crippen LogP contribution in [0.4, 0.5) is 0 Å². The van der Waals surface area contributed by atoms with Crippen LogP contribution in [0.5, 0.6) is 0 Å². The third-order valence-electron chi connectivity index (χ3n) is 3.46. The summed E-state index contributed by atoms with van der Waals surface area (Å²) in [6, 6.07) is 0. The van der Waals surface area contributed by atoms with Gasteiger partial charge in [-0.1, -0.05) is 6.92 Å². The minimum absolute atomic E-state index is 0.606. The van der Waals surface area contributed by atoms with Gasteiger partial charge in [0.2, 0.25) is 0 Å². The fourth-order valence-corrected chi connectivity index (χ4v) is 3.71. The van der Waals surface area contributed by atoms with E-state index in [0.717, 1.165) is 12.4 Å². The van der Waals surface area contributed by atoms with Crippen LogP contribution in [0.1, 0.15) is 49.7 Å². The van der Waals surface area contributed by atoms with E-state index < -0.39 is 0 Å². The number of rotatable bonds is 1. The molecule has 0 saturated carbocycles. The molecule has 1 fully saturated rings. The van der Waals surface area contributed by atoms with Gasteiger partial charge in [-0.05, 0) is 25.0 Å². The van der Waals surface area contributed by atoms with Crippen molar-refractivity contribution in [2.24, 2.45) is 0 Å². The fourth-order valence-electron chi connectivity index (χ4n) is 2.49. The molecule has 3 rings (SSSR count). The first-order valence-electron chi connectivity index (χ1n) is 5.87. The molecular weight excluding hydrogens is 206 g/mol. The summed E-state index contributed by atoms with van der Waals surface area (Å²) in [4.78, 5) is 4.75. The van der Waals surface area contributed by atoms with E-state index >= 15 is 0 Å². The molecule has 1 saturated heterocycles. The number of thioether (sulfide) groups is 1. The molecule has 1 aromatic rings. The molecule has 2 unspecified atom stereocenters. The molecule has 3 nitrogen and oxygen atoms in total.